The molecule has 0 amide bonds. The van der Waals surface area contributed by atoms with Gasteiger partial charge >= 0.3 is 15.6 Å². The SMILES string of the molecule is C[C@H]([13CH3])COS(=O)(=O)C(F)(F)F. The van der Waals surface area contributed by atoms with Crippen molar-refractivity contribution in [2.24, 2.45) is 5.92 Å². The van der Waals surface area contributed by atoms with Crippen molar-refractivity contribution in [2.45, 2.75) is 19.4 Å². The molecule has 0 aromatic rings. The lowest BCUT2D eigenvalue weighted by atomic mass is 10.4. The first-order chi connectivity index (χ1) is 5.17. The molecule has 0 aliphatic heterocycles. The van der Waals surface area contributed by atoms with Crippen LogP contribution >= 0.6 is 0 Å². The highest BCUT2D eigenvalue weighted by atomic mass is 32.2. The molecule has 0 aliphatic rings. The maximum absolute atomic E-state index is 11.6. The number of hydrogen-bond donors (Lipinski definition) is 0. The van der Waals surface area contributed by atoms with Gasteiger partial charge in [-0.2, -0.15) is 21.6 Å². The third-order valence-electron chi connectivity index (χ3n) is 0.840. The van der Waals surface area contributed by atoms with Crippen LogP contribution in [0.1, 0.15) is 13.8 Å². The summed E-state index contributed by atoms with van der Waals surface area (Å²) in [5.41, 5.74) is -5.32. The van der Waals surface area contributed by atoms with Crippen LogP contribution < -0.4 is 0 Å². The molecular weight excluding hydrogens is 198 g/mol. The van der Waals surface area contributed by atoms with Crippen LogP contribution in [0.5, 0.6) is 0 Å². The molecule has 0 N–H and O–H groups in total. The van der Waals surface area contributed by atoms with Gasteiger partial charge in [0, 0.05) is 0 Å². The van der Waals surface area contributed by atoms with Crippen LogP contribution in [-0.2, 0) is 14.3 Å². The van der Waals surface area contributed by atoms with E-state index >= 15 is 0 Å². The first kappa shape index (κ1) is 11.7. The Morgan fingerprint density at radius 2 is 1.75 bits per heavy atom. The van der Waals surface area contributed by atoms with Crippen molar-refractivity contribution < 1.29 is 25.8 Å². The molecule has 0 aromatic heterocycles. The van der Waals surface area contributed by atoms with Crippen molar-refractivity contribution >= 4 is 10.1 Å². The number of rotatable bonds is 3. The van der Waals surface area contributed by atoms with E-state index in [1.807, 2.05) is 0 Å². The van der Waals surface area contributed by atoms with E-state index in [1.54, 1.807) is 13.8 Å². The maximum atomic E-state index is 11.6. The van der Waals surface area contributed by atoms with Crippen LogP contribution in [0.2, 0.25) is 0 Å². The van der Waals surface area contributed by atoms with Gasteiger partial charge in [-0.25, -0.2) is 0 Å². The number of hydrogen-bond acceptors (Lipinski definition) is 3. The van der Waals surface area contributed by atoms with Gasteiger partial charge in [0.15, 0.2) is 0 Å². The summed E-state index contributed by atoms with van der Waals surface area (Å²) in [6.07, 6.45) is 0. The number of halogens is 3. The molecule has 74 valence electrons. The predicted octanol–water partition coefficient (Wildman–Crippen LogP) is 1.51. The summed E-state index contributed by atoms with van der Waals surface area (Å²) in [7, 11) is -5.39. The van der Waals surface area contributed by atoms with E-state index < -0.39 is 22.2 Å². The van der Waals surface area contributed by atoms with Gasteiger partial charge in [0.1, 0.15) is 0 Å². The minimum atomic E-state index is -5.39. The molecule has 0 saturated heterocycles. The van der Waals surface area contributed by atoms with Crippen molar-refractivity contribution in [1.82, 2.24) is 0 Å². The summed E-state index contributed by atoms with van der Waals surface area (Å²) < 4.78 is 58.8. The lowest BCUT2D eigenvalue weighted by Gasteiger charge is -2.09. The van der Waals surface area contributed by atoms with E-state index in [0.717, 1.165) is 0 Å². The normalized spacial score (nSPS) is 16.1. The molecule has 0 saturated carbocycles. The molecule has 0 bridgehead atoms. The fraction of sp³-hybridized carbons (Fsp3) is 1.00. The molecule has 0 spiro atoms. The molecule has 0 fully saturated rings. The van der Waals surface area contributed by atoms with E-state index in [1.165, 1.54) is 0 Å². The third kappa shape index (κ3) is 3.40. The fourth-order valence-corrected chi connectivity index (χ4v) is 0.877. The Kier molecular flexibility index (Phi) is 3.52. The van der Waals surface area contributed by atoms with Crippen LogP contribution in [0.3, 0.4) is 0 Å². The van der Waals surface area contributed by atoms with Gasteiger partial charge in [-0.1, -0.05) is 13.8 Å². The second-order valence-electron chi connectivity index (χ2n) is 2.58. The van der Waals surface area contributed by atoms with Crippen LogP contribution in [0.4, 0.5) is 13.2 Å². The molecular formula is C5H9F3O3S. The van der Waals surface area contributed by atoms with E-state index in [2.05, 4.69) is 4.18 Å². The minimum absolute atomic E-state index is 0.262. The zero-order valence-electron chi connectivity index (χ0n) is 6.55. The molecule has 0 unspecified atom stereocenters. The molecule has 3 nitrogen and oxygen atoms in total. The van der Waals surface area contributed by atoms with Gasteiger partial charge in [0.2, 0.25) is 0 Å². The second-order valence-corrected chi connectivity index (χ2v) is 4.19. The van der Waals surface area contributed by atoms with Gasteiger partial charge in [-0.15, -0.1) is 0 Å². The van der Waals surface area contributed by atoms with Crippen LogP contribution in [0.25, 0.3) is 0 Å². The van der Waals surface area contributed by atoms with Gasteiger partial charge < -0.3 is 0 Å². The smallest absolute Gasteiger partial charge is 0.263 e. The topological polar surface area (TPSA) is 43.4 Å². The Balaban J connectivity index is 4.27. The Morgan fingerprint density at radius 1 is 1.33 bits per heavy atom. The van der Waals surface area contributed by atoms with Gasteiger partial charge in [-0.3, -0.25) is 4.18 Å². The average molecular weight is 207 g/mol. The quantitative estimate of drug-likeness (QED) is 0.400. The highest BCUT2D eigenvalue weighted by Gasteiger charge is 2.47. The summed E-state index contributed by atoms with van der Waals surface area (Å²) in [6, 6.07) is 0. The largest absolute Gasteiger partial charge is 0.523 e. The summed E-state index contributed by atoms with van der Waals surface area (Å²) in [6.45, 7) is 2.64. The van der Waals surface area contributed by atoms with E-state index in [9.17, 15) is 21.6 Å². The molecule has 0 rings (SSSR count). The summed E-state index contributed by atoms with van der Waals surface area (Å²) in [5, 5.41) is 0. The monoisotopic (exact) mass is 207 g/mol. The predicted molar refractivity (Wildman–Crippen MR) is 35.8 cm³/mol. The standard InChI is InChI=1S/C5H9F3O3S/c1-4(2)3-11-12(9,10)5(6,7)8/h4H,3H2,1-2H3/i1+1/t4-/m0/s1. The minimum Gasteiger partial charge on any atom is -0.263 e. The molecule has 0 radical (unpaired) electrons. The zero-order valence-corrected chi connectivity index (χ0v) is 7.37. The highest BCUT2D eigenvalue weighted by molar-refractivity contribution is 7.87. The fourth-order valence-electron chi connectivity index (χ4n) is 0.292. The Morgan fingerprint density at radius 3 is 2.00 bits per heavy atom. The van der Waals surface area contributed by atoms with Crippen molar-refractivity contribution in [3.05, 3.63) is 0 Å². The molecule has 12 heavy (non-hydrogen) atoms. The summed E-state index contributed by atoms with van der Waals surface area (Å²) >= 11 is 0. The van der Waals surface area contributed by atoms with Gasteiger partial charge in [0.05, 0.1) is 6.61 Å². The molecule has 0 heterocycles. The highest BCUT2D eigenvalue weighted by Crippen LogP contribution is 2.24. The lowest BCUT2D eigenvalue weighted by Crippen LogP contribution is -2.26. The van der Waals surface area contributed by atoms with Gasteiger partial charge in [0.25, 0.3) is 0 Å². The van der Waals surface area contributed by atoms with Crippen LogP contribution in [-0.4, -0.2) is 20.5 Å². The number of alkyl halides is 3. The summed E-state index contributed by atoms with van der Waals surface area (Å²) in [5.74, 6) is -0.262. The third-order valence-corrected chi connectivity index (χ3v) is 1.85. The first-order valence-corrected chi connectivity index (χ1v) is 4.53. The van der Waals surface area contributed by atoms with Crippen molar-refractivity contribution in [2.75, 3.05) is 6.61 Å². The average Bonchev–Trinajstić information content (AvgIpc) is 1.81. The van der Waals surface area contributed by atoms with Gasteiger partial charge in [-0.05, 0) is 5.92 Å². The van der Waals surface area contributed by atoms with Crippen molar-refractivity contribution in [3.8, 4) is 0 Å². The zero-order chi connectivity index (χ0) is 9.99. The summed E-state index contributed by atoms with van der Waals surface area (Å²) in [4.78, 5) is 0. The molecule has 0 aliphatic carbocycles. The Bertz CT molecular complexity index is 229. The Hall–Kier alpha value is -0.300. The van der Waals surface area contributed by atoms with E-state index in [0.29, 0.717) is 0 Å². The van der Waals surface area contributed by atoms with E-state index in [4.69, 9.17) is 0 Å². The lowest BCUT2D eigenvalue weighted by molar-refractivity contribution is -0.0548. The van der Waals surface area contributed by atoms with Crippen LogP contribution in [0, 0.1) is 5.92 Å². The Labute approximate surface area is 68.6 Å². The first-order valence-electron chi connectivity index (χ1n) is 3.12. The van der Waals surface area contributed by atoms with Crippen LogP contribution in [0.15, 0.2) is 0 Å². The van der Waals surface area contributed by atoms with Crippen molar-refractivity contribution in [3.63, 3.8) is 0 Å². The molecule has 7 heteroatoms. The molecule has 0 aromatic carbocycles. The molecule has 1 atom stereocenters. The van der Waals surface area contributed by atoms with E-state index in [-0.39, 0.29) is 5.92 Å². The second kappa shape index (κ2) is 3.61. The maximum Gasteiger partial charge on any atom is 0.523 e. The van der Waals surface area contributed by atoms with Crippen molar-refractivity contribution in [1.29, 1.82) is 0 Å².